The first kappa shape index (κ1) is 36.4. The van der Waals surface area contributed by atoms with Gasteiger partial charge in [0.25, 0.3) is 0 Å². The second-order valence-corrected chi connectivity index (χ2v) is 9.74. The van der Waals surface area contributed by atoms with Crippen molar-refractivity contribution in [2.24, 2.45) is 0 Å². The van der Waals surface area contributed by atoms with Crippen molar-refractivity contribution < 1.29 is 50.9 Å². The van der Waals surface area contributed by atoms with Crippen LogP contribution < -0.4 is 5.32 Å². The number of fused-ring (bicyclic) bond motifs is 1. The van der Waals surface area contributed by atoms with Crippen molar-refractivity contribution in [2.75, 3.05) is 33.7 Å². The maximum Gasteiger partial charge on any atom is 0.490 e. The first-order valence-corrected chi connectivity index (χ1v) is 12.7. The van der Waals surface area contributed by atoms with Crippen LogP contribution in [-0.2, 0) is 27.3 Å². The van der Waals surface area contributed by atoms with Gasteiger partial charge in [-0.15, -0.1) is 0 Å². The average Bonchev–Trinajstić information content (AvgIpc) is 3.31. The third-order valence-corrected chi connectivity index (χ3v) is 5.77. The number of aromatic nitrogens is 2. The van der Waals surface area contributed by atoms with Crippen LogP contribution in [0.2, 0.25) is 0 Å². The molecule has 3 N–H and O–H groups in total. The second-order valence-electron chi connectivity index (χ2n) is 9.74. The van der Waals surface area contributed by atoms with E-state index in [9.17, 15) is 31.1 Å². The Kier molecular flexibility index (Phi) is 13.9. The minimum Gasteiger partial charge on any atom is -0.475 e. The molecule has 1 aromatic carbocycles. The van der Waals surface area contributed by atoms with Crippen molar-refractivity contribution in [1.29, 1.82) is 0 Å². The lowest BCUT2D eigenvalue weighted by Gasteiger charge is -2.36. The number of imidazole rings is 1. The van der Waals surface area contributed by atoms with Gasteiger partial charge in [0.15, 0.2) is 0 Å². The fourth-order valence-corrected chi connectivity index (χ4v) is 3.85. The van der Waals surface area contributed by atoms with Crippen LogP contribution in [-0.4, -0.2) is 93.5 Å². The lowest BCUT2D eigenvalue weighted by Crippen LogP contribution is -2.45. The Balaban J connectivity index is 0.000000522. The quantitative estimate of drug-likeness (QED) is 0.303. The Morgan fingerprint density at radius 1 is 1.02 bits per heavy atom. The molecule has 1 amide bonds. The summed E-state index contributed by atoms with van der Waals surface area (Å²) in [4.78, 5) is 40.1. The summed E-state index contributed by atoms with van der Waals surface area (Å²) < 4.78 is 65.6. The number of alkyl halides is 6. The molecule has 0 bridgehead atoms. The highest BCUT2D eigenvalue weighted by atomic mass is 19.4. The number of benzene rings is 1. The van der Waals surface area contributed by atoms with Crippen molar-refractivity contribution in [2.45, 2.75) is 57.7 Å². The molecule has 42 heavy (non-hydrogen) atoms. The molecular weight excluding hydrogens is 576 g/mol. The first-order valence-electron chi connectivity index (χ1n) is 12.7. The topological polar surface area (TPSA) is 128 Å². The van der Waals surface area contributed by atoms with E-state index in [0.29, 0.717) is 6.54 Å². The lowest BCUT2D eigenvalue weighted by atomic mass is 10.00. The summed E-state index contributed by atoms with van der Waals surface area (Å²) >= 11 is 0. The fourth-order valence-electron chi connectivity index (χ4n) is 3.85. The number of carboxylic acids is 2. The highest BCUT2D eigenvalue weighted by Gasteiger charge is 2.39. The summed E-state index contributed by atoms with van der Waals surface area (Å²) in [5.41, 5.74) is 3.35. The van der Waals surface area contributed by atoms with E-state index in [-0.39, 0.29) is 18.0 Å². The zero-order valence-corrected chi connectivity index (χ0v) is 23.5. The summed E-state index contributed by atoms with van der Waals surface area (Å²) in [7, 11) is 4.11. The maximum atomic E-state index is 13.3. The first-order chi connectivity index (χ1) is 19.4. The number of nitrogens with zero attached hydrogens (tertiary/aromatic N) is 4. The van der Waals surface area contributed by atoms with Crippen molar-refractivity contribution >= 4 is 17.8 Å². The van der Waals surface area contributed by atoms with E-state index in [1.54, 1.807) is 0 Å². The molecular formula is C26H35F6N5O5. The molecule has 236 valence electrons. The van der Waals surface area contributed by atoms with E-state index in [0.717, 1.165) is 43.9 Å². The van der Waals surface area contributed by atoms with Gasteiger partial charge in [-0.05, 0) is 46.5 Å². The highest BCUT2D eigenvalue weighted by molar-refractivity contribution is 5.83. The third-order valence-electron chi connectivity index (χ3n) is 5.77. The van der Waals surface area contributed by atoms with Crippen LogP contribution >= 0.6 is 0 Å². The van der Waals surface area contributed by atoms with Crippen molar-refractivity contribution in [3.8, 4) is 0 Å². The molecule has 0 aliphatic carbocycles. The third kappa shape index (κ3) is 12.1. The van der Waals surface area contributed by atoms with Gasteiger partial charge in [-0.1, -0.05) is 30.3 Å². The van der Waals surface area contributed by atoms with E-state index in [4.69, 9.17) is 19.8 Å². The van der Waals surface area contributed by atoms with E-state index in [1.165, 1.54) is 5.56 Å². The molecule has 1 atom stereocenters. The van der Waals surface area contributed by atoms with Crippen molar-refractivity contribution in [1.82, 2.24) is 24.7 Å². The molecule has 2 heterocycles. The van der Waals surface area contributed by atoms with Gasteiger partial charge in [0.2, 0.25) is 5.91 Å². The number of halogens is 6. The molecule has 1 aliphatic heterocycles. The average molecular weight is 612 g/mol. The molecule has 16 heteroatoms. The van der Waals surface area contributed by atoms with Gasteiger partial charge in [0, 0.05) is 32.1 Å². The monoisotopic (exact) mass is 611 g/mol. The van der Waals surface area contributed by atoms with Crippen molar-refractivity contribution in [3.05, 3.63) is 53.6 Å². The molecule has 0 saturated heterocycles. The summed E-state index contributed by atoms with van der Waals surface area (Å²) in [6.45, 7) is 7.55. The molecule has 0 fully saturated rings. The number of carbonyl (C=O) groups is 3. The van der Waals surface area contributed by atoms with Gasteiger partial charge < -0.3 is 25.0 Å². The predicted octanol–water partition coefficient (Wildman–Crippen LogP) is 3.90. The minimum absolute atomic E-state index is 0.0815. The number of hydrogen-bond acceptors (Lipinski definition) is 6. The molecule has 0 radical (unpaired) electrons. The molecule has 1 aliphatic rings. The van der Waals surface area contributed by atoms with Gasteiger partial charge in [-0.25, -0.2) is 14.6 Å². The van der Waals surface area contributed by atoms with Crippen LogP contribution in [0, 0.1) is 0 Å². The number of carboxylic acid groups (broad SMARTS) is 2. The standard InChI is InChI=1S/C22H33N5O.2C2HF3O2/c1-17(2)27-16-24-19-11-14-26(15-18-9-6-5-7-10-18)21(20(19)27)22(28)23-12-8-13-25(3)4;2*3-2(4,5)1(6)7/h5-7,9-10,16-17,21H,8,11-15H2,1-4H3,(H,23,28);2*(H,6,7). The van der Waals surface area contributed by atoms with E-state index in [2.05, 4.69) is 76.9 Å². The number of amides is 1. The fraction of sp³-hybridized carbons (Fsp3) is 0.538. The Hall–Kier alpha value is -3.66. The van der Waals surface area contributed by atoms with Gasteiger partial charge in [-0.3, -0.25) is 9.69 Å². The number of hydrogen-bond donors (Lipinski definition) is 3. The summed E-state index contributed by atoms with van der Waals surface area (Å²) in [6, 6.07) is 10.4. The predicted molar refractivity (Wildman–Crippen MR) is 139 cm³/mol. The molecule has 0 spiro atoms. The zero-order chi connectivity index (χ0) is 32.3. The summed E-state index contributed by atoms with van der Waals surface area (Å²) in [5.74, 6) is -5.43. The van der Waals surface area contributed by atoms with Crippen LogP contribution in [0.1, 0.15) is 49.3 Å². The van der Waals surface area contributed by atoms with Crippen LogP contribution in [0.15, 0.2) is 36.7 Å². The number of nitrogens with one attached hydrogen (secondary N) is 1. The van der Waals surface area contributed by atoms with E-state index in [1.807, 2.05) is 12.4 Å². The highest BCUT2D eigenvalue weighted by Crippen LogP contribution is 2.32. The minimum atomic E-state index is -5.08. The van der Waals surface area contributed by atoms with Crippen LogP contribution in [0.25, 0.3) is 0 Å². The Bertz CT molecular complexity index is 1130. The van der Waals surface area contributed by atoms with Gasteiger partial charge in [-0.2, -0.15) is 26.3 Å². The smallest absolute Gasteiger partial charge is 0.475 e. The van der Waals surface area contributed by atoms with Gasteiger partial charge in [0.05, 0.1) is 17.7 Å². The van der Waals surface area contributed by atoms with Crippen LogP contribution in [0.5, 0.6) is 0 Å². The summed E-state index contributed by atoms with van der Waals surface area (Å²) in [6.07, 6.45) is -6.44. The summed E-state index contributed by atoms with van der Waals surface area (Å²) in [5, 5.41) is 17.4. The zero-order valence-electron chi connectivity index (χ0n) is 23.5. The maximum absolute atomic E-state index is 13.3. The van der Waals surface area contributed by atoms with Gasteiger partial charge >= 0.3 is 24.3 Å². The molecule has 1 unspecified atom stereocenters. The molecule has 2 aromatic rings. The molecule has 3 rings (SSSR count). The number of carbonyl (C=O) groups excluding carboxylic acids is 1. The lowest BCUT2D eigenvalue weighted by molar-refractivity contribution is -0.193. The van der Waals surface area contributed by atoms with E-state index < -0.39 is 24.3 Å². The van der Waals surface area contributed by atoms with Crippen LogP contribution in [0.3, 0.4) is 0 Å². The van der Waals surface area contributed by atoms with Crippen molar-refractivity contribution in [3.63, 3.8) is 0 Å². The number of rotatable bonds is 8. The number of aliphatic carboxylic acids is 2. The van der Waals surface area contributed by atoms with E-state index >= 15 is 0 Å². The largest absolute Gasteiger partial charge is 0.490 e. The molecule has 1 aromatic heterocycles. The normalized spacial score (nSPS) is 15.2. The SMILES string of the molecule is CC(C)n1cnc2c1C(C(=O)NCCCN(C)C)N(Cc1ccccc1)CC2.O=C(O)C(F)(F)F.O=C(O)C(F)(F)F. The van der Waals surface area contributed by atoms with Gasteiger partial charge in [0.1, 0.15) is 6.04 Å². The Morgan fingerprint density at radius 3 is 2.00 bits per heavy atom. The Labute approximate surface area is 238 Å². The second kappa shape index (κ2) is 16.1. The molecule has 10 nitrogen and oxygen atoms in total. The molecule has 0 saturated carbocycles. The van der Waals surface area contributed by atoms with Crippen LogP contribution in [0.4, 0.5) is 26.3 Å². The Morgan fingerprint density at radius 2 is 1.55 bits per heavy atom.